The Balaban J connectivity index is 1.25. The molecule has 3 heterocycles. The van der Waals surface area contributed by atoms with Gasteiger partial charge in [-0.15, -0.1) is 0 Å². The van der Waals surface area contributed by atoms with E-state index in [0.717, 1.165) is 24.1 Å². The van der Waals surface area contributed by atoms with Crippen LogP contribution in [0.1, 0.15) is 34.8 Å². The minimum absolute atomic E-state index is 0.0156. The number of nitrogens with zero attached hydrogens (tertiary/aromatic N) is 5. The van der Waals surface area contributed by atoms with Crippen molar-refractivity contribution < 1.29 is 4.79 Å². The largest absolute Gasteiger partial charge is 0.338 e. The molecule has 0 unspecified atom stereocenters. The zero-order valence-corrected chi connectivity index (χ0v) is 14.1. The number of carbonyl (C=O) groups excluding carboxylic acids is 1. The number of aromatic amines is 1. The highest BCUT2D eigenvalue weighted by Crippen LogP contribution is 2.38. The normalized spacial score (nSPS) is 17.5. The second-order valence-corrected chi connectivity index (χ2v) is 7.16. The number of aromatic nitrogens is 5. The van der Waals surface area contributed by atoms with Gasteiger partial charge in [0, 0.05) is 36.6 Å². The summed E-state index contributed by atoms with van der Waals surface area (Å²) < 4.78 is 1.56. The number of hydrogen-bond acceptors (Lipinski definition) is 5. The van der Waals surface area contributed by atoms with Gasteiger partial charge in [0.05, 0.1) is 12.2 Å². The predicted octanol–water partition coefficient (Wildman–Crippen LogP) is 1.16. The first-order valence-corrected chi connectivity index (χ1v) is 8.85. The van der Waals surface area contributed by atoms with Crippen LogP contribution < -0.4 is 5.56 Å². The molecule has 2 aliphatic rings. The van der Waals surface area contributed by atoms with Crippen molar-refractivity contribution in [2.75, 3.05) is 13.1 Å². The maximum absolute atomic E-state index is 12.6. The van der Waals surface area contributed by atoms with Gasteiger partial charge in [0.2, 0.25) is 0 Å². The zero-order valence-electron chi connectivity index (χ0n) is 14.1. The predicted molar refractivity (Wildman–Crippen MR) is 93.8 cm³/mol. The van der Waals surface area contributed by atoms with Crippen LogP contribution in [0.4, 0.5) is 0 Å². The summed E-state index contributed by atoms with van der Waals surface area (Å²) in [4.78, 5) is 26.4. The van der Waals surface area contributed by atoms with Crippen LogP contribution in [0.25, 0.3) is 11.0 Å². The highest BCUT2D eigenvalue weighted by atomic mass is 16.2. The summed E-state index contributed by atoms with van der Waals surface area (Å²) >= 11 is 0. The molecule has 2 aromatic heterocycles. The number of H-pyrrole nitrogens is 1. The highest BCUT2D eigenvalue weighted by Gasteiger charge is 2.32. The molecule has 8 nitrogen and oxygen atoms in total. The summed E-state index contributed by atoms with van der Waals surface area (Å²) in [6.07, 6.45) is 2.32. The molecule has 26 heavy (non-hydrogen) atoms. The van der Waals surface area contributed by atoms with E-state index in [9.17, 15) is 9.59 Å². The van der Waals surface area contributed by atoms with E-state index < -0.39 is 0 Å². The Morgan fingerprint density at radius 3 is 2.73 bits per heavy atom. The van der Waals surface area contributed by atoms with Gasteiger partial charge >= 0.3 is 0 Å². The fourth-order valence-electron chi connectivity index (χ4n) is 3.44. The lowest BCUT2D eigenvalue weighted by atomic mass is 9.98. The van der Waals surface area contributed by atoms with Gasteiger partial charge in [-0.1, -0.05) is 0 Å². The molecule has 0 radical (unpaired) electrons. The van der Waals surface area contributed by atoms with Crippen LogP contribution >= 0.6 is 0 Å². The van der Waals surface area contributed by atoms with E-state index in [-0.39, 0.29) is 17.4 Å². The summed E-state index contributed by atoms with van der Waals surface area (Å²) in [7, 11) is 0. The Kier molecular flexibility index (Phi) is 3.37. The van der Waals surface area contributed by atoms with E-state index in [4.69, 9.17) is 0 Å². The number of rotatable bonds is 4. The van der Waals surface area contributed by atoms with Crippen molar-refractivity contribution in [3.05, 3.63) is 51.9 Å². The number of likely N-dealkylation sites (tertiary alicyclic amines) is 1. The van der Waals surface area contributed by atoms with Gasteiger partial charge in [0.15, 0.2) is 0 Å². The second-order valence-electron chi connectivity index (χ2n) is 7.16. The molecule has 0 spiro atoms. The lowest BCUT2D eigenvalue weighted by Gasteiger charge is -2.39. The Hall–Kier alpha value is -3.03. The highest BCUT2D eigenvalue weighted by molar-refractivity contribution is 5.97. The molecule has 1 aliphatic carbocycles. The van der Waals surface area contributed by atoms with Gasteiger partial charge in [0.1, 0.15) is 11.0 Å². The van der Waals surface area contributed by atoms with E-state index in [1.165, 1.54) is 0 Å². The van der Waals surface area contributed by atoms with Crippen molar-refractivity contribution in [1.82, 2.24) is 30.1 Å². The van der Waals surface area contributed by atoms with E-state index in [0.29, 0.717) is 36.6 Å². The van der Waals surface area contributed by atoms with Crippen LogP contribution in [0.15, 0.2) is 35.1 Å². The minimum Gasteiger partial charge on any atom is -0.338 e. The van der Waals surface area contributed by atoms with E-state index in [1.54, 1.807) is 33.8 Å². The minimum atomic E-state index is -0.0735. The topological polar surface area (TPSA) is 96.8 Å². The van der Waals surface area contributed by atoms with Gasteiger partial charge < -0.3 is 4.90 Å². The number of fused-ring (bicyclic) bond motifs is 1. The summed E-state index contributed by atoms with van der Waals surface area (Å²) in [6.45, 7) is 1.83. The van der Waals surface area contributed by atoms with Gasteiger partial charge in [-0.2, -0.15) is 20.5 Å². The molecule has 1 saturated heterocycles. The molecular formula is C18H18N6O2. The van der Waals surface area contributed by atoms with Crippen molar-refractivity contribution in [3.63, 3.8) is 0 Å². The van der Waals surface area contributed by atoms with Crippen molar-refractivity contribution in [1.29, 1.82) is 0 Å². The molecule has 5 rings (SSSR count). The summed E-state index contributed by atoms with van der Waals surface area (Å²) in [5, 5.41) is 15.1. The molecule has 0 bridgehead atoms. The first-order chi connectivity index (χ1) is 12.7. The first kappa shape index (κ1) is 15.2. The summed E-state index contributed by atoms with van der Waals surface area (Å²) in [5.41, 5.74) is 2.97. The van der Waals surface area contributed by atoms with Crippen molar-refractivity contribution in [3.8, 4) is 0 Å². The Morgan fingerprint density at radius 2 is 1.92 bits per heavy atom. The second kappa shape index (κ2) is 5.76. The van der Waals surface area contributed by atoms with Crippen LogP contribution in [0.5, 0.6) is 0 Å². The van der Waals surface area contributed by atoms with Crippen LogP contribution in [0.2, 0.25) is 0 Å². The number of amides is 1. The molecule has 1 aliphatic heterocycles. The third-order valence-electron chi connectivity index (χ3n) is 5.12. The number of carbonyl (C=O) groups is 1. The first-order valence-electron chi connectivity index (χ1n) is 8.85. The van der Waals surface area contributed by atoms with Gasteiger partial charge in [-0.3, -0.25) is 9.59 Å². The molecule has 2 fully saturated rings. The smallest absolute Gasteiger partial charge is 0.266 e. The van der Waals surface area contributed by atoms with Gasteiger partial charge in [-0.05, 0) is 37.1 Å². The third-order valence-corrected chi connectivity index (χ3v) is 5.12. The molecule has 8 heteroatoms. The fourth-order valence-corrected chi connectivity index (χ4v) is 3.44. The molecule has 1 N–H and O–H groups in total. The monoisotopic (exact) mass is 350 g/mol. The molecule has 3 aromatic rings. The Bertz CT molecular complexity index is 1050. The van der Waals surface area contributed by atoms with Gasteiger partial charge in [0.25, 0.3) is 11.5 Å². The molecule has 0 atom stereocenters. The Labute approximate surface area is 148 Å². The lowest BCUT2D eigenvalue weighted by Crippen LogP contribution is -2.52. The van der Waals surface area contributed by atoms with Crippen LogP contribution in [-0.2, 0) is 6.54 Å². The SMILES string of the molecule is O=C(c1ccc2n[nH]nc2c1)N1CC(Cn2nc(C3CC3)ccc2=O)C1. The average Bonchev–Trinajstić information content (AvgIpc) is 3.35. The van der Waals surface area contributed by atoms with E-state index in [2.05, 4.69) is 20.5 Å². The van der Waals surface area contributed by atoms with Crippen LogP contribution in [0, 0.1) is 5.92 Å². The van der Waals surface area contributed by atoms with E-state index in [1.807, 2.05) is 6.07 Å². The third kappa shape index (κ3) is 2.67. The molecule has 1 aromatic carbocycles. The van der Waals surface area contributed by atoms with E-state index >= 15 is 0 Å². The zero-order chi connectivity index (χ0) is 17.7. The average molecular weight is 350 g/mol. The van der Waals surface area contributed by atoms with Gasteiger partial charge in [-0.25, -0.2) is 4.68 Å². The molecule has 1 saturated carbocycles. The standard InChI is InChI=1S/C18H18N6O2/c25-17-6-5-14(12-1-2-12)21-24(17)10-11-8-23(9-11)18(26)13-3-4-15-16(7-13)20-22-19-15/h3-7,11-12H,1-2,8-10H2,(H,19,20,22). The number of nitrogens with one attached hydrogen (secondary N) is 1. The number of benzene rings is 1. The maximum Gasteiger partial charge on any atom is 0.266 e. The Morgan fingerprint density at radius 1 is 1.12 bits per heavy atom. The quantitative estimate of drug-likeness (QED) is 0.762. The van der Waals surface area contributed by atoms with Crippen LogP contribution in [-0.4, -0.2) is 49.1 Å². The summed E-state index contributed by atoms with van der Waals surface area (Å²) in [6, 6.07) is 8.75. The lowest BCUT2D eigenvalue weighted by molar-refractivity contribution is 0.0458. The number of hydrogen-bond donors (Lipinski definition) is 1. The van der Waals surface area contributed by atoms with Crippen molar-refractivity contribution in [2.45, 2.75) is 25.3 Å². The molecular weight excluding hydrogens is 332 g/mol. The summed E-state index contributed by atoms with van der Waals surface area (Å²) in [5.74, 6) is 0.764. The molecule has 1 amide bonds. The maximum atomic E-state index is 12.6. The van der Waals surface area contributed by atoms with Crippen LogP contribution in [0.3, 0.4) is 0 Å². The van der Waals surface area contributed by atoms with Crippen molar-refractivity contribution in [2.24, 2.45) is 5.92 Å². The molecule has 132 valence electrons. The van der Waals surface area contributed by atoms with Crippen molar-refractivity contribution >= 4 is 16.9 Å². The fraction of sp³-hybridized carbons (Fsp3) is 0.389.